The summed E-state index contributed by atoms with van der Waals surface area (Å²) in [6.45, 7) is 6.45. The minimum Gasteiger partial charge on any atom is -0.301 e. The Kier molecular flexibility index (Phi) is 5.29. The maximum atomic E-state index is 6.14. The Bertz CT molecular complexity index is 338. The fourth-order valence-electron chi connectivity index (χ4n) is 1.75. The van der Waals surface area contributed by atoms with Crippen molar-refractivity contribution < 1.29 is 0 Å². The van der Waals surface area contributed by atoms with Gasteiger partial charge in [0.15, 0.2) is 0 Å². The summed E-state index contributed by atoms with van der Waals surface area (Å²) in [6, 6.07) is 8.03. The van der Waals surface area contributed by atoms with Crippen molar-refractivity contribution in [3.63, 3.8) is 0 Å². The zero-order valence-corrected chi connectivity index (χ0v) is 12.5. The third kappa shape index (κ3) is 4.44. The Morgan fingerprint density at radius 1 is 1.31 bits per heavy atom. The van der Waals surface area contributed by atoms with Crippen LogP contribution in [0.3, 0.4) is 0 Å². The minimum absolute atomic E-state index is 0.288. The van der Waals surface area contributed by atoms with E-state index in [2.05, 4.69) is 47.8 Å². The molecule has 16 heavy (non-hydrogen) atoms. The fraction of sp³-hybridized carbons (Fsp3) is 0.538. The largest absolute Gasteiger partial charge is 0.301 e. The monoisotopic (exact) mass is 303 g/mol. The van der Waals surface area contributed by atoms with Gasteiger partial charge < -0.3 is 4.90 Å². The topological polar surface area (TPSA) is 3.24 Å². The first kappa shape index (κ1) is 14.0. The highest BCUT2D eigenvalue weighted by Crippen LogP contribution is 2.22. The van der Waals surface area contributed by atoms with Gasteiger partial charge in [0, 0.05) is 23.4 Å². The molecule has 0 radical (unpaired) electrons. The molecule has 0 aliphatic heterocycles. The van der Waals surface area contributed by atoms with Crippen molar-refractivity contribution in [3.05, 3.63) is 34.9 Å². The molecule has 0 fully saturated rings. The quantitative estimate of drug-likeness (QED) is 0.737. The van der Waals surface area contributed by atoms with E-state index in [-0.39, 0.29) is 5.41 Å². The molecular weight excluding hydrogens is 286 g/mol. The van der Waals surface area contributed by atoms with Gasteiger partial charge in [-0.1, -0.05) is 59.6 Å². The minimum atomic E-state index is 0.288. The van der Waals surface area contributed by atoms with Gasteiger partial charge in [-0.2, -0.15) is 0 Å². The number of halogens is 2. The molecule has 1 aromatic carbocycles. The molecule has 1 rings (SSSR count). The van der Waals surface area contributed by atoms with Crippen LogP contribution in [0.2, 0.25) is 5.02 Å². The third-order valence-electron chi connectivity index (χ3n) is 2.46. The zero-order chi connectivity index (χ0) is 12.2. The highest BCUT2D eigenvalue weighted by Gasteiger charge is 2.18. The van der Waals surface area contributed by atoms with Crippen LogP contribution in [0.15, 0.2) is 24.3 Å². The van der Waals surface area contributed by atoms with Crippen molar-refractivity contribution in [2.75, 3.05) is 18.9 Å². The second-order valence-electron chi connectivity index (χ2n) is 5.06. The van der Waals surface area contributed by atoms with Crippen LogP contribution in [0.25, 0.3) is 0 Å². The highest BCUT2D eigenvalue weighted by atomic mass is 79.9. The summed E-state index contributed by atoms with van der Waals surface area (Å²) in [5.41, 5.74) is 1.48. The second kappa shape index (κ2) is 6.04. The lowest BCUT2D eigenvalue weighted by atomic mass is 9.96. The van der Waals surface area contributed by atoms with Gasteiger partial charge >= 0.3 is 0 Å². The number of hydrogen-bond acceptors (Lipinski definition) is 1. The first-order chi connectivity index (χ1) is 7.44. The molecule has 0 heterocycles. The maximum absolute atomic E-state index is 6.14. The van der Waals surface area contributed by atoms with E-state index in [1.165, 1.54) is 5.56 Å². The average Bonchev–Trinajstić information content (AvgIpc) is 2.21. The van der Waals surface area contributed by atoms with E-state index in [9.17, 15) is 0 Å². The van der Waals surface area contributed by atoms with Crippen molar-refractivity contribution in [2.24, 2.45) is 5.41 Å². The lowest BCUT2D eigenvalue weighted by molar-refractivity contribution is 0.226. The Hall–Kier alpha value is -0.0500. The molecular formula is C13H19BrClN. The summed E-state index contributed by atoms with van der Waals surface area (Å²) in [7, 11) is 2.13. The van der Waals surface area contributed by atoms with Gasteiger partial charge in [-0.15, -0.1) is 0 Å². The average molecular weight is 305 g/mol. The molecule has 3 heteroatoms. The van der Waals surface area contributed by atoms with E-state index in [0.29, 0.717) is 0 Å². The molecule has 0 saturated heterocycles. The third-order valence-corrected chi connectivity index (χ3v) is 4.34. The zero-order valence-electron chi connectivity index (χ0n) is 10.1. The summed E-state index contributed by atoms with van der Waals surface area (Å²) in [5.74, 6) is 0. The number of rotatable bonds is 5. The van der Waals surface area contributed by atoms with Crippen molar-refractivity contribution in [3.8, 4) is 0 Å². The van der Waals surface area contributed by atoms with E-state index >= 15 is 0 Å². The Morgan fingerprint density at radius 2 is 1.94 bits per heavy atom. The van der Waals surface area contributed by atoms with Crippen molar-refractivity contribution in [2.45, 2.75) is 20.4 Å². The lowest BCUT2D eigenvalue weighted by Gasteiger charge is -2.28. The van der Waals surface area contributed by atoms with Crippen molar-refractivity contribution >= 4 is 27.5 Å². The number of nitrogens with zero attached hydrogens (tertiary/aromatic N) is 1. The van der Waals surface area contributed by atoms with Gasteiger partial charge in [0.1, 0.15) is 0 Å². The van der Waals surface area contributed by atoms with E-state index < -0.39 is 0 Å². The number of alkyl halides is 1. The Morgan fingerprint density at radius 3 is 2.50 bits per heavy atom. The molecule has 0 aromatic heterocycles. The van der Waals surface area contributed by atoms with Gasteiger partial charge in [0.25, 0.3) is 0 Å². The van der Waals surface area contributed by atoms with Crippen molar-refractivity contribution in [1.29, 1.82) is 0 Å². The Labute approximate surface area is 112 Å². The van der Waals surface area contributed by atoms with Crippen LogP contribution in [0, 0.1) is 5.41 Å². The normalized spacial score (nSPS) is 12.1. The van der Waals surface area contributed by atoms with Crippen molar-refractivity contribution in [1.82, 2.24) is 4.90 Å². The van der Waals surface area contributed by atoms with Gasteiger partial charge in [-0.25, -0.2) is 0 Å². The fourth-order valence-corrected chi connectivity index (χ4v) is 2.12. The summed E-state index contributed by atoms with van der Waals surface area (Å²) >= 11 is 9.68. The van der Waals surface area contributed by atoms with Crippen LogP contribution in [0.1, 0.15) is 19.4 Å². The summed E-state index contributed by atoms with van der Waals surface area (Å²) in [6.07, 6.45) is 0. The van der Waals surface area contributed by atoms with E-state index in [0.717, 1.165) is 23.4 Å². The smallest absolute Gasteiger partial charge is 0.0451 e. The molecule has 1 aromatic rings. The van der Waals surface area contributed by atoms with Crippen LogP contribution in [0.5, 0.6) is 0 Å². The molecule has 90 valence electrons. The summed E-state index contributed by atoms with van der Waals surface area (Å²) < 4.78 is 0. The molecule has 0 atom stereocenters. The van der Waals surface area contributed by atoms with Gasteiger partial charge in [0.05, 0.1) is 0 Å². The Balaban J connectivity index is 2.58. The summed E-state index contributed by atoms with van der Waals surface area (Å²) in [5, 5.41) is 1.86. The van der Waals surface area contributed by atoms with Gasteiger partial charge in [-0.3, -0.25) is 0 Å². The number of hydrogen-bond donors (Lipinski definition) is 0. The predicted molar refractivity (Wildman–Crippen MR) is 75.4 cm³/mol. The highest BCUT2D eigenvalue weighted by molar-refractivity contribution is 9.09. The van der Waals surface area contributed by atoms with E-state index in [4.69, 9.17) is 11.6 Å². The molecule has 0 amide bonds. The first-order valence-electron chi connectivity index (χ1n) is 5.42. The van der Waals surface area contributed by atoms with Crippen LogP contribution < -0.4 is 0 Å². The first-order valence-corrected chi connectivity index (χ1v) is 6.92. The van der Waals surface area contributed by atoms with Gasteiger partial charge in [-0.05, 0) is 24.1 Å². The molecule has 0 unspecified atom stereocenters. The predicted octanol–water partition coefficient (Wildman–Crippen LogP) is 4.19. The van der Waals surface area contributed by atoms with Crippen LogP contribution >= 0.6 is 27.5 Å². The molecule has 0 saturated carbocycles. The molecule has 0 bridgehead atoms. The van der Waals surface area contributed by atoms with Crippen LogP contribution in [-0.4, -0.2) is 23.8 Å². The second-order valence-corrected chi connectivity index (χ2v) is 6.03. The molecule has 0 spiro atoms. The molecule has 0 aliphatic rings. The van der Waals surface area contributed by atoms with Gasteiger partial charge in [0.2, 0.25) is 0 Å². The van der Waals surface area contributed by atoms with Crippen LogP contribution in [0.4, 0.5) is 0 Å². The van der Waals surface area contributed by atoms with Crippen LogP contribution in [-0.2, 0) is 6.54 Å². The molecule has 1 nitrogen and oxygen atoms in total. The molecule has 0 N–H and O–H groups in total. The number of benzene rings is 1. The standard InChI is InChI=1S/C13H19BrClN/c1-13(2,9-14)10-16(3)8-11-6-4-5-7-12(11)15/h4-7H,8-10H2,1-3H3. The maximum Gasteiger partial charge on any atom is 0.0451 e. The lowest BCUT2D eigenvalue weighted by Crippen LogP contribution is -2.32. The summed E-state index contributed by atoms with van der Waals surface area (Å²) in [4.78, 5) is 2.31. The van der Waals surface area contributed by atoms with E-state index in [1.54, 1.807) is 0 Å². The van der Waals surface area contributed by atoms with E-state index in [1.807, 2.05) is 18.2 Å². The molecule has 0 aliphatic carbocycles. The SMILES string of the molecule is CN(Cc1ccccc1Cl)CC(C)(C)CBr.